The van der Waals surface area contributed by atoms with E-state index in [0.29, 0.717) is 72.0 Å². The number of aliphatic hydroxyl groups excluding tert-OH is 4. The number of rotatable bonds is 9. The van der Waals surface area contributed by atoms with Crippen molar-refractivity contribution < 1.29 is 154 Å². The fraction of sp³-hybridized carbons (Fsp3) is 0.551. The fourth-order valence-corrected chi connectivity index (χ4v) is 19.1. The number of hydrogen-bond donors (Lipinski definition) is 4. The molecule has 26 atom stereocenters. The predicted octanol–water partition coefficient (Wildman–Crippen LogP) is 12.8. The summed E-state index contributed by atoms with van der Waals surface area (Å²) in [6.45, 7) is 55.2. The van der Waals surface area contributed by atoms with E-state index in [2.05, 4.69) is 52.1 Å². The number of esters is 12. The van der Waals surface area contributed by atoms with E-state index < -0.39 is 156 Å². The Morgan fingerprint density at radius 2 is 0.842 bits per heavy atom. The Morgan fingerprint density at radius 3 is 1.31 bits per heavy atom. The molecule has 4 N–H and O–H groups in total. The number of allylic oxidation sites excluding steroid dienone is 7. The fourth-order valence-electron chi connectivity index (χ4n) is 19.1. The maximum absolute atomic E-state index is 12.9. The van der Waals surface area contributed by atoms with E-state index in [9.17, 15) is 78.0 Å². The van der Waals surface area contributed by atoms with E-state index in [1.807, 2.05) is 104 Å². The lowest BCUT2D eigenvalue weighted by atomic mass is 9.83. The summed E-state index contributed by atoms with van der Waals surface area (Å²) in [6, 6.07) is 0. The molecule has 139 heavy (non-hydrogen) atoms. The lowest BCUT2D eigenvalue weighted by Gasteiger charge is -2.33. The first-order chi connectivity index (χ1) is 65.3. The zero-order valence-corrected chi connectivity index (χ0v) is 82.7. The predicted molar refractivity (Wildman–Crippen MR) is 506 cm³/mol. The van der Waals surface area contributed by atoms with Gasteiger partial charge in [0.1, 0.15) is 79.7 Å². The minimum Gasteiger partial charge on any atom is -0.461 e. The van der Waals surface area contributed by atoms with Gasteiger partial charge in [-0.25, -0.2) is 38.4 Å². The van der Waals surface area contributed by atoms with Crippen molar-refractivity contribution in [2.75, 3.05) is 13.2 Å². The van der Waals surface area contributed by atoms with E-state index in [-0.39, 0.29) is 90.8 Å². The van der Waals surface area contributed by atoms with Gasteiger partial charge in [0.05, 0.1) is 78.2 Å². The van der Waals surface area contributed by atoms with Crippen LogP contribution in [0, 0.1) is 35.5 Å². The number of hydrogen-bond acceptors (Lipinski definition) is 32. The molecule has 756 valence electrons. The highest BCUT2D eigenvalue weighted by Gasteiger charge is 2.61. The normalized spacial score (nSPS) is 38.4. The summed E-state index contributed by atoms with van der Waals surface area (Å²) in [5.41, 5.74) is 11.1. The molecule has 32 heteroatoms. The molecule has 9 heterocycles. The summed E-state index contributed by atoms with van der Waals surface area (Å²) in [7, 11) is 0. The SMILES string of the molecule is C=C1C(=O)O[C@@H]2/C=C(\C)CC/C=C(\C)C[C@H](OC(C)=O)[C@@H]12.C=C1C(=O)O[C@@H]2/C=C(\C)CC/C=C(\CO)C[C@@H](O)[C@@H]12.C=C1C(=O)O[C@@H]2/C=C(\C)CC/C=C(\COC(C)=O)C[C@@H](O)[C@@H]12.C=C1C(=O)O[C@@H]2/C=C(\C)[C@@H](O)C/C=C(\C)C[C@H](OC(C)=O)[C@@H]12.C=C1C(=O)O[C@@H]2/C=C(\C)[C@@H]3O[C@@H]3/C=C(/C)[C@H](OC(C)=O)[C@@H](OC(=O)[C@@]3(C)O[C@H]3C)C12.C=C1C(=O)O[C@H]2C[C@]3(C)O[C@H]3CC/C(C)=C/[C@@H](OC(C)=O)[C@H]12.C=C=O. The van der Waals surface area contributed by atoms with E-state index in [4.69, 9.17) is 75.8 Å². The monoisotopic (exact) mass is 1930 g/mol. The van der Waals surface area contributed by atoms with Gasteiger partial charge in [0.25, 0.3) is 0 Å². The zero-order valence-electron chi connectivity index (χ0n) is 82.7. The first kappa shape index (κ1) is 111. The highest BCUT2D eigenvalue weighted by molar-refractivity contribution is 5.94. The van der Waals surface area contributed by atoms with Crippen LogP contribution in [0.1, 0.15) is 208 Å². The van der Waals surface area contributed by atoms with Crippen LogP contribution in [-0.4, -0.2) is 232 Å². The molecular weight excluding hydrogens is 1800 g/mol. The first-order valence-corrected chi connectivity index (χ1v) is 47.0. The van der Waals surface area contributed by atoms with Crippen LogP contribution in [0.4, 0.5) is 0 Å². The van der Waals surface area contributed by atoms with Gasteiger partial charge in [-0.3, -0.25) is 24.0 Å². The van der Waals surface area contributed by atoms with Crippen LogP contribution < -0.4 is 0 Å². The Bertz CT molecular complexity index is 5230. The molecule has 0 aromatic carbocycles. The van der Waals surface area contributed by atoms with Crippen molar-refractivity contribution in [3.8, 4) is 0 Å². The molecule has 15 rings (SSSR count). The molecule has 9 fully saturated rings. The van der Waals surface area contributed by atoms with Crippen molar-refractivity contribution in [3.63, 3.8) is 0 Å². The molecule has 9 aliphatic heterocycles. The second-order valence-electron chi connectivity index (χ2n) is 38.4. The third-order valence-electron chi connectivity index (χ3n) is 27.1. The van der Waals surface area contributed by atoms with Crippen molar-refractivity contribution in [2.24, 2.45) is 35.5 Å². The summed E-state index contributed by atoms with van der Waals surface area (Å²) in [6.07, 6.45) is 22.0. The summed E-state index contributed by atoms with van der Waals surface area (Å²) < 4.78 is 82.1. The van der Waals surface area contributed by atoms with Gasteiger partial charge in [-0.05, 0) is 225 Å². The lowest BCUT2D eigenvalue weighted by molar-refractivity contribution is -0.172. The number of carbonyl (C=O) groups is 12. The van der Waals surface area contributed by atoms with Gasteiger partial charge < -0.3 is 91.5 Å². The summed E-state index contributed by atoms with van der Waals surface area (Å²) >= 11 is 0. The highest BCUT2D eigenvalue weighted by atomic mass is 16.7. The van der Waals surface area contributed by atoms with Crippen molar-refractivity contribution >= 4 is 77.6 Å². The lowest BCUT2D eigenvalue weighted by Crippen LogP contribution is -2.46. The summed E-state index contributed by atoms with van der Waals surface area (Å²) in [5.74, 6) is -6.79. The minimum atomic E-state index is -1.08. The largest absolute Gasteiger partial charge is 0.461 e. The van der Waals surface area contributed by atoms with Crippen LogP contribution in [-0.2, 0) is 133 Å². The Balaban J connectivity index is 0.000000187. The molecule has 0 saturated carbocycles. The van der Waals surface area contributed by atoms with Crippen LogP contribution in [0.25, 0.3) is 0 Å². The summed E-state index contributed by atoms with van der Waals surface area (Å²) in [5, 5.41) is 40.2. The number of carbonyl (C=O) groups excluding carboxylic acids is 13. The average Bonchev–Trinajstić information content (AvgIpc) is 1.59. The van der Waals surface area contributed by atoms with Crippen molar-refractivity contribution in [3.05, 3.63) is 208 Å². The Labute approximate surface area is 812 Å². The third-order valence-corrected chi connectivity index (χ3v) is 27.1. The van der Waals surface area contributed by atoms with Crippen molar-refractivity contribution in [1.29, 1.82) is 0 Å². The molecule has 9 saturated heterocycles. The van der Waals surface area contributed by atoms with E-state index in [1.165, 1.54) is 46.1 Å². The molecule has 0 aromatic heterocycles. The highest BCUT2D eigenvalue weighted by Crippen LogP contribution is 2.50. The van der Waals surface area contributed by atoms with E-state index >= 15 is 0 Å². The quantitative estimate of drug-likeness (QED) is 0.0416. The second kappa shape index (κ2) is 48.5. The maximum Gasteiger partial charge on any atom is 0.341 e. The van der Waals surface area contributed by atoms with Crippen LogP contribution in [0.15, 0.2) is 208 Å². The molecule has 0 bridgehead atoms. The maximum atomic E-state index is 12.9. The Kier molecular flexibility index (Phi) is 38.7. The second-order valence-corrected chi connectivity index (χ2v) is 38.4. The van der Waals surface area contributed by atoms with Gasteiger partial charge in [-0.1, -0.05) is 103 Å². The van der Waals surface area contributed by atoms with Gasteiger partial charge >= 0.3 is 71.6 Å². The molecule has 1 unspecified atom stereocenters. The molecule has 6 aliphatic carbocycles. The molecule has 32 nitrogen and oxygen atoms in total. The van der Waals surface area contributed by atoms with Gasteiger partial charge in [0.2, 0.25) is 0 Å². The molecular formula is C107H136O32. The molecule has 0 spiro atoms. The van der Waals surface area contributed by atoms with Crippen molar-refractivity contribution in [2.45, 2.75) is 329 Å². The van der Waals surface area contributed by atoms with E-state index in [1.54, 1.807) is 39.8 Å². The Hall–Kier alpha value is -11.6. The van der Waals surface area contributed by atoms with Crippen LogP contribution in [0.5, 0.6) is 0 Å². The number of aliphatic hydroxyl groups is 4. The minimum absolute atomic E-state index is 0.0709. The molecule has 15 aliphatic rings. The average molecular weight is 1930 g/mol. The summed E-state index contributed by atoms with van der Waals surface area (Å²) in [4.78, 5) is 150. The zero-order chi connectivity index (χ0) is 103. The van der Waals surface area contributed by atoms with Gasteiger partial charge in [-0.2, -0.15) is 0 Å². The van der Waals surface area contributed by atoms with Gasteiger partial charge in [-0.15, -0.1) is 0 Å². The molecule has 0 radical (unpaired) electrons. The van der Waals surface area contributed by atoms with Crippen LogP contribution >= 0.6 is 0 Å². The standard InChI is InChI=1S/C22H26O8.3C17H22O5.C17H22O4.C15H20O4.C2H2O/c1-9-7-14-16(11(3)20(24)28-14)19(29-21(25)22(6)12(4)30-22)18(26-13(5)23)10(2)8-15-17(9)27-15;1-9-5-6-14-17(4,22-14)8-13-15(10(2)16(19)21-13)12(7-9)20-11(3)18;1-9-5-6-13(19)10(2)8-15-16(11(3)17(20)22-15)14(7-9)21-12(4)18;1-10-5-4-6-13(9-21-12(3)18)8-14(19)16-11(2)17(20)22-15(16)7-10;1-10-6-5-7-11(2)9-15-16(12(3)17(19)21-15)14(8-10)20-13(4)18;1-9-4-3-5-11(8-16)7-12(17)14-10(2)15(18)19-13(14)6-9;1-2-3/h7-8,12,14-19H,3H2,1-2,4-6H3;7,12-15H,2,5-6,8H2,1,3-4H3;5,8,13-16,19H,3,6-7H2,1-2,4H3;6-7,14-16,19H,2,4-5,8-9H2,1,3H3;6,9,14-16H,3,5,7-8H2,1-2,4H3;5-6,12-14,16-17H,2-4,7-8H2,1H3;1H2/b9-7+,10-8-;9-7+;9-5+,10-8+;10-7+,13-6-;10-6+,11-9+;9-6+,11-5-;/t12-,14+,15+,16?,17-,18-,19-,22-;12-,13+,14+,15+,17+;13-,14-,15+,16+;14-,15-,16-;14-,15+,16+;12-,13-,14-;/m010101./s1. The van der Waals surface area contributed by atoms with Gasteiger partial charge in [0.15, 0.2) is 17.8 Å². The van der Waals surface area contributed by atoms with Crippen molar-refractivity contribution in [1.82, 2.24) is 0 Å². The smallest absolute Gasteiger partial charge is 0.341 e. The topological polar surface area (TPSA) is 451 Å². The molecule has 0 aromatic rings. The Morgan fingerprint density at radius 1 is 0.446 bits per heavy atom. The number of epoxide rings is 3. The first-order valence-electron chi connectivity index (χ1n) is 47.0. The van der Waals surface area contributed by atoms with Crippen LogP contribution in [0.2, 0.25) is 0 Å². The van der Waals surface area contributed by atoms with Gasteiger partial charge in [0, 0.05) is 87.3 Å². The third kappa shape index (κ3) is 29.3. The number of ether oxygens (including phenoxy) is 15. The number of fused-ring (bicyclic) bond motifs is 8. The van der Waals surface area contributed by atoms with Crippen LogP contribution in [0.3, 0.4) is 0 Å². The van der Waals surface area contributed by atoms with E-state index in [0.717, 1.165) is 102 Å². The molecule has 0 amide bonds.